The van der Waals surface area contributed by atoms with Crippen LogP contribution in [0.3, 0.4) is 0 Å². The van der Waals surface area contributed by atoms with E-state index in [1.54, 1.807) is 0 Å². The third-order valence-corrected chi connectivity index (χ3v) is 5.34. The molecule has 0 radical (unpaired) electrons. The smallest absolute Gasteiger partial charge is 0.243 e. The summed E-state index contributed by atoms with van der Waals surface area (Å²) in [6, 6.07) is 20.4. The van der Waals surface area contributed by atoms with Gasteiger partial charge in [0.1, 0.15) is 5.54 Å². The average Bonchev–Trinajstić information content (AvgIpc) is 2.63. The highest BCUT2D eigenvalue weighted by Crippen LogP contribution is 2.31. The van der Waals surface area contributed by atoms with Crippen molar-refractivity contribution in [2.75, 3.05) is 25.0 Å². The quantitative estimate of drug-likeness (QED) is 0.852. The van der Waals surface area contributed by atoms with Crippen molar-refractivity contribution in [3.63, 3.8) is 0 Å². The van der Waals surface area contributed by atoms with Crippen LogP contribution in [-0.2, 0) is 11.2 Å². The summed E-state index contributed by atoms with van der Waals surface area (Å²) in [5, 5.41) is 3.44. The van der Waals surface area contributed by atoms with Crippen molar-refractivity contribution in [2.45, 2.75) is 25.3 Å². The standard InChI is InChI=1S/C21H27N3O/c1-17-16-24(14-12-18-8-4-2-5-9-18)15-13-21(17,20(22)25)23-19-10-6-3-7-11-19/h2-11,17,23H,12-16H2,1H3,(H2,22,25)/t17-,21+/m0/s1. The SMILES string of the molecule is C[C@H]1CN(CCc2ccccc2)CC[C@]1(Nc1ccccc1)C(N)=O. The molecule has 2 atom stereocenters. The van der Waals surface area contributed by atoms with Gasteiger partial charge in [-0.05, 0) is 30.5 Å². The molecule has 1 amide bonds. The largest absolute Gasteiger partial charge is 0.371 e. The van der Waals surface area contributed by atoms with Gasteiger partial charge in [-0.2, -0.15) is 0 Å². The molecule has 1 aliphatic heterocycles. The summed E-state index contributed by atoms with van der Waals surface area (Å²) in [6.07, 6.45) is 1.76. The number of anilines is 1. The molecule has 2 aromatic carbocycles. The lowest BCUT2D eigenvalue weighted by Crippen LogP contribution is -2.62. The fourth-order valence-corrected chi connectivity index (χ4v) is 3.74. The van der Waals surface area contributed by atoms with Crippen molar-refractivity contribution in [3.05, 3.63) is 66.2 Å². The highest BCUT2D eigenvalue weighted by molar-refractivity contribution is 5.88. The third-order valence-electron chi connectivity index (χ3n) is 5.34. The molecule has 3 N–H and O–H groups in total. The van der Waals surface area contributed by atoms with E-state index in [0.29, 0.717) is 0 Å². The maximum absolute atomic E-state index is 12.3. The van der Waals surface area contributed by atoms with Gasteiger partial charge >= 0.3 is 0 Å². The molecule has 25 heavy (non-hydrogen) atoms. The first-order chi connectivity index (χ1) is 12.1. The molecular formula is C21H27N3O. The number of carbonyl (C=O) groups is 1. The number of para-hydroxylation sites is 1. The van der Waals surface area contributed by atoms with Gasteiger partial charge < -0.3 is 16.0 Å². The highest BCUT2D eigenvalue weighted by Gasteiger charge is 2.45. The van der Waals surface area contributed by atoms with E-state index in [1.807, 2.05) is 36.4 Å². The van der Waals surface area contributed by atoms with E-state index in [4.69, 9.17) is 5.73 Å². The van der Waals surface area contributed by atoms with E-state index < -0.39 is 5.54 Å². The molecule has 0 aliphatic carbocycles. The van der Waals surface area contributed by atoms with Gasteiger partial charge in [-0.25, -0.2) is 0 Å². The van der Waals surface area contributed by atoms with Crippen LogP contribution in [0.5, 0.6) is 0 Å². The maximum Gasteiger partial charge on any atom is 0.243 e. The Morgan fingerprint density at radius 2 is 1.80 bits per heavy atom. The van der Waals surface area contributed by atoms with Gasteiger partial charge in [0.15, 0.2) is 0 Å². The van der Waals surface area contributed by atoms with Crippen LogP contribution in [0, 0.1) is 5.92 Å². The van der Waals surface area contributed by atoms with E-state index in [2.05, 4.69) is 41.4 Å². The van der Waals surface area contributed by atoms with Crippen molar-refractivity contribution in [2.24, 2.45) is 11.7 Å². The lowest BCUT2D eigenvalue weighted by molar-refractivity contribution is -0.125. The van der Waals surface area contributed by atoms with Gasteiger partial charge in [0, 0.05) is 31.2 Å². The first kappa shape index (κ1) is 17.5. The van der Waals surface area contributed by atoms with Crippen LogP contribution >= 0.6 is 0 Å². The predicted molar refractivity (Wildman–Crippen MR) is 102 cm³/mol. The van der Waals surface area contributed by atoms with Crippen LogP contribution in [0.4, 0.5) is 5.69 Å². The first-order valence-electron chi connectivity index (χ1n) is 8.99. The Labute approximate surface area is 150 Å². The van der Waals surface area contributed by atoms with Gasteiger partial charge in [0.2, 0.25) is 5.91 Å². The fourth-order valence-electron chi connectivity index (χ4n) is 3.74. The maximum atomic E-state index is 12.3. The average molecular weight is 337 g/mol. The van der Waals surface area contributed by atoms with E-state index in [9.17, 15) is 4.79 Å². The van der Waals surface area contributed by atoms with Crippen LogP contribution < -0.4 is 11.1 Å². The fraction of sp³-hybridized carbons (Fsp3) is 0.381. The number of hydrogen-bond acceptors (Lipinski definition) is 3. The molecule has 3 rings (SSSR count). The minimum Gasteiger partial charge on any atom is -0.371 e. The van der Waals surface area contributed by atoms with Gasteiger partial charge in [0.25, 0.3) is 0 Å². The Morgan fingerprint density at radius 3 is 2.40 bits per heavy atom. The van der Waals surface area contributed by atoms with Crippen molar-refractivity contribution in [1.29, 1.82) is 0 Å². The number of hydrogen-bond donors (Lipinski definition) is 2. The number of nitrogens with two attached hydrogens (primary N) is 1. The summed E-state index contributed by atoms with van der Waals surface area (Å²) >= 11 is 0. The van der Waals surface area contributed by atoms with E-state index in [1.165, 1.54) is 5.56 Å². The van der Waals surface area contributed by atoms with Crippen LogP contribution in [0.15, 0.2) is 60.7 Å². The molecule has 4 nitrogen and oxygen atoms in total. The molecule has 4 heteroatoms. The second-order valence-corrected chi connectivity index (χ2v) is 7.01. The van der Waals surface area contributed by atoms with Gasteiger partial charge in [-0.15, -0.1) is 0 Å². The molecule has 0 spiro atoms. The number of rotatable bonds is 6. The number of amides is 1. The Kier molecular flexibility index (Phi) is 5.39. The second-order valence-electron chi connectivity index (χ2n) is 7.01. The zero-order valence-corrected chi connectivity index (χ0v) is 14.8. The molecule has 0 bridgehead atoms. The number of carbonyl (C=O) groups excluding carboxylic acids is 1. The van der Waals surface area contributed by atoms with Crippen LogP contribution in [-0.4, -0.2) is 36.0 Å². The summed E-state index contributed by atoms with van der Waals surface area (Å²) in [6.45, 7) is 4.87. The Bertz CT molecular complexity index is 689. The van der Waals surface area contributed by atoms with Gasteiger partial charge in [-0.1, -0.05) is 55.5 Å². The van der Waals surface area contributed by atoms with E-state index >= 15 is 0 Å². The number of likely N-dealkylation sites (tertiary alicyclic amines) is 1. The second kappa shape index (κ2) is 7.70. The Hall–Kier alpha value is -2.33. The number of primary amides is 1. The van der Waals surface area contributed by atoms with Gasteiger partial charge in [0.05, 0.1) is 0 Å². The Morgan fingerprint density at radius 1 is 1.16 bits per heavy atom. The summed E-state index contributed by atoms with van der Waals surface area (Å²) in [5.74, 6) is -0.110. The Balaban J connectivity index is 1.65. The molecule has 0 unspecified atom stereocenters. The number of piperidine rings is 1. The summed E-state index contributed by atoms with van der Waals surface area (Å²) < 4.78 is 0. The lowest BCUT2D eigenvalue weighted by atomic mass is 9.77. The van der Waals surface area contributed by atoms with Crippen LogP contribution in [0.2, 0.25) is 0 Å². The minimum absolute atomic E-state index is 0.148. The number of nitrogens with zero attached hydrogens (tertiary/aromatic N) is 1. The highest BCUT2D eigenvalue weighted by atomic mass is 16.1. The molecule has 0 aromatic heterocycles. The third kappa shape index (κ3) is 4.02. The van der Waals surface area contributed by atoms with Crippen molar-refractivity contribution in [1.82, 2.24) is 4.90 Å². The predicted octanol–water partition coefficient (Wildman–Crippen LogP) is 2.91. The first-order valence-corrected chi connectivity index (χ1v) is 8.99. The summed E-state index contributed by atoms with van der Waals surface area (Å²) in [5.41, 5.74) is 7.46. The summed E-state index contributed by atoms with van der Waals surface area (Å²) in [4.78, 5) is 14.8. The molecule has 132 valence electrons. The van der Waals surface area contributed by atoms with Crippen LogP contribution in [0.25, 0.3) is 0 Å². The molecule has 1 heterocycles. The molecule has 1 aliphatic rings. The zero-order chi connectivity index (χ0) is 17.7. The topological polar surface area (TPSA) is 58.4 Å². The molecule has 2 aromatic rings. The van der Waals surface area contributed by atoms with Crippen molar-refractivity contribution in [3.8, 4) is 0 Å². The molecule has 1 saturated heterocycles. The lowest BCUT2D eigenvalue weighted by Gasteiger charge is -2.45. The normalized spacial score (nSPS) is 24.0. The monoisotopic (exact) mass is 337 g/mol. The molecule has 1 fully saturated rings. The summed E-state index contributed by atoms with van der Waals surface area (Å²) in [7, 11) is 0. The van der Waals surface area contributed by atoms with Crippen molar-refractivity contribution >= 4 is 11.6 Å². The van der Waals surface area contributed by atoms with E-state index in [0.717, 1.165) is 38.2 Å². The van der Waals surface area contributed by atoms with Crippen molar-refractivity contribution < 1.29 is 4.79 Å². The van der Waals surface area contributed by atoms with Gasteiger partial charge in [-0.3, -0.25) is 4.79 Å². The van der Waals surface area contributed by atoms with Crippen LogP contribution in [0.1, 0.15) is 18.9 Å². The number of benzene rings is 2. The van der Waals surface area contributed by atoms with E-state index in [-0.39, 0.29) is 11.8 Å². The number of nitrogens with one attached hydrogen (secondary N) is 1. The zero-order valence-electron chi connectivity index (χ0n) is 14.8. The minimum atomic E-state index is -0.676. The molecule has 0 saturated carbocycles. The molecular weight excluding hydrogens is 310 g/mol.